The summed E-state index contributed by atoms with van der Waals surface area (Å²) in [6, 6.07) is 5.20. The number of halogens is 1. The van der Waals surface area contributed by atoms with Gasteiger partial charge in [0.2, 0.25) is 17.7 Å². The maximum atomic E-state index is 13.5. The Labute approximate surface area is 173 Å². The molecule has 0 aliphatic carbocycles. The molecule has 1 aromatic rings. The SMILES string of the molecule is CC[C@H](C)N1C(=O)[C@H]2[C@@H](C1=O)[C@@]1(N[C@@H]2CC(C)C)C(=O)Nc2ccc(Br)cc21. The Morgan fingerprint density at radius 2 is 1.89 bits per heavy atom. The zero-order valence-electron chi connectivity index (χ0n) is 16.6. The van der Waals surface area contributed by atoms with Gasteiger partial charge in [-0.25, -0.2) is 0 Å². The van der Waals surface area contributed by atoms with Gasteiger partial charge in [-0.1, -0.05) is 36.7 Å². The molecule has 2 fully saturated rings. The number of hydrogen-bond acceptors (Lipinski definition) is 4. The van der Waals surface area contributed by atoms with E-state index in [2.05, 4.69) is 40.4 Å². The fourth-order valence-corrected chi connectivity index (χ4v) is 5.48. The Hall–Kier alpha value is -1.73. The smallest absolute Gasteiger partial charge is 0.250 e. The standard InChI is InChI=1S/C21H26BrN3O3/c1-5-11(4)25-18(26)16-15(8-10(2)3)24-21(17(16)19(25)27)13-9-12(22)6-7-14(13)23-20(21)28/h6-7,9-11,15-17,24H,5,8H2,1-4H3,(H,23,28)/t11-,15+,16+,17-,21+/m0/s1. The topological polar surface area (TPSA) is 78.5 Å². The van der Waals surface area contributed by atoms with E-state index >= 15 is 0 Å². The molecule has 3 amide bonds. The van der Waals surface area contributed by atoms with E-state index in [1.165, 1.54) is 4.90 Å². The quantitative estimate of drug-likeness (QED) is 0.695. The molecule has 150 valence electrons. The van der Waals surface area contributed by atoms with E-state index in [1.807, 2.05) is 32.0 Å². The number of carbonyl (C=O) groups is 3. The number of carbonyl (C=O) groups excluding carboxylic acids is 3. The van der Waals surface area contributed by atoms with Crippen molar-refractivity contribution in [2.75, 3.05) is 5.32 Å². The van der Waals surface area contributed by atoms with E-state index in [4.69, 9.17) is 0 Å². The van der Waals surface area contributed by atoms with Crippen LogP contribution in [0.2, 0.25) is 0 Å². The molecule has 3 heterocycles. The van der Waals surface area contributed by atoms with Gasteiger partial charge in [0.05, 0.1) is 11.8 Å². The maximum absolute atomic E-state index is 13.5. The summed E-state index contributed by atoms with van der Waals surface area (Å²) < 4.78 is 0.836. The zero-order valence-corrected chi connectivity index (χ0v) is 18.2. The van der Waals surface area contributed by atoms with Crippen molar-refractivity contribution >= 4 is 39.3 Å². The van der Waals surface area contributed by atoms with Gasteiger partial charge in [-0.3, -0.25) is 24.6 Å². The third-order valence-electron chi connectivity index (χ3n) is 6.47. The van der Waals surface area contributed by atoms with Crippen LogP contribution in [0.5, 0.6) is 0 Å². The molecule has 4 rings (SSSR count). The minimum atomic E-state index is -1.20. The second-order valence-corrected chi connectivity index (χ2v) is 9.56. The van der Waals surface area contributed by atoms with Crippen molar-refractivity contribution in [3.63, 3.8) is 0 Å². The van der Waals surface area contributed by atoms with Crippen LogP contribution >= 0.6 is 15.9 Å². The molecule has 3 aliphatic rings. The molecule has 6 nitrogen and oxygen atoms in total. The van der Waals surface area contributed by atoms with Crippen LogP contribution in [0.15, 0.2) is 22.7 Å². The number of nitrogens with zero attached hydrogens (tertiary/aromatic N) is 1. The second kappa shape index (κ2) is 6.66. The van der Waals surface area contributed by atoms with E-state index in [9.17, 15) is 14.4 Å². The highest BCUT2D eigenvalue weighted by Gasteiger charge is 2.70. The summed E-state index contributed by atoms with van der Waals surface area (Å²) in [5, 5.41) is 6.40. The van der Waals surface area contributed by atoms with Crippen LogP contribution in [-0.4, -0.2) is 34.7 Å². The lowest BCUT2D eigenvalue weighted by molar-refractivity contribution is -0.145. The van der Waals surface area contributed by atoms with Gasteiger partial charge in [0.15, 0.2) is 0 Å². The van der Waals surface area contributed by atoms with Crippen LogP contribution < -0.4 is 10.6 Å². The average Bonchev–Trinajstić information content (AvgIpc) is 3.20. The summed E-state index contributed by atoms with van der Waals surface area (Å²) in [6.07, 6.45) is 1.42. The molecular formula is C21H26BrN3O3. The van der Waals surface area contributed by atoms with Crippen molar-refractivity contribution in [2.45, 2.75) is 58.2 Å². The van der Waals surface area contributed by atoms with E-state index < -0.39 is 17.4 Å². The Kier molecular flexibility index (Phi) is 4.66. The van der Waals surface area contributed by atoms with Crippen LogP contribution in [0.3, 0.4) is 0 Å². The number of imide groups is 1. The molecule has 3 aliphatic heterocycles. The highest BCUT2D eigenvalue weighted by molar-refractivity contribution is 9.10. The largest absolute Gasteiger partial charge is 0.324 e. The minimum Gasteiger partial charge on any atom is -0.324 e. The highest BCUT2D eigenvalue weighted by atomic mass is 79.9. The van der Waals surface area contributed by atoms with Crippen LogP contribution in [-0.2, 0) is 19.9 Å². The van der Waals surface area contributed by atoms with Crippen LogP contribution in [0.1, 0.15) is 46.1 Å². The lowest BCUT2D eigenvalue weighted by Crippen LogP contribution is -2.54. The molecule has 7 heteroatoms. The predicted molar refractivity (Wildman–Crippen MR) is 109 cm³/mol. The van der Waals surface area contributed by atoms with Gasteiger partial charge in [0.1, 0.15) is 5.54 Å². The number of nitrogens with one attached hydrogen (secondary N) is 2. The molecule has 2 saturated heterocycles. The number of amides is 3. The lowest BCUT2D eigenvalue weighted by atomic mass is 9.76. The van der Waals surface area contributed by atoms with E-state index in [0.717, 1.165) is 16.5 Å². The number of rotatable bonds is 4. The van der Waals surface area contributed by atoms with Crippen LogP contribution in [0, 0.1) is 17.8 Å². The van der Waals surface area contributed by atoms with Gasteiger partial charge < -0.3 is 5.32 Å². The summed E-state index contributed by atoms with van der Waals surface area (Å²) in [4.78, 5) is 41.5. The summed E-state index contributed by atoms with van der Waals surface area (Å²) in [7, 11) is 0. The summed E-state index contributed by atoms with van der Waals surface area (Å²) in [6.45, 7) is 8.05. The fourth-order valence-electron chi connectivity index (χ4n) is 5.12. The zero-order chi connectivity index (χ0) is 20.4. The third-order valence-corrected chi connectivity index (χ3v) is 6.96. The summed E-state index contributed by atoms with van der Waals surface area (Å²) in [5.74, 6) is -1.51. The van der Waals surface area contributed by atoms with Gasteiger partial charge in [-0.05, 0) is 43.9 Å². The van der Waals surface area contributed by atoms with Crippen molar-refractivity contribution in [1.82, 2.24) is 10.2 Å². The Bertz CT molecular complexity index is 870. The summed E-state index contributed by atoms with van der Waals surface area (Å²) >= 11 is 3.49. The predicted octanol–water partition coefficient (Wildman–Crippen LogP) is 3.01. The molecule has 28 heavy (non-hydrogen) atoms. The number of hydrogen-bond donors (Lipinski definition) is 2. The van der Waals surface area contributed by atoms with Crippen molar-refractivity contribution in [3.8, 4) is 0 Å². The number of likely N-dealkylation sites (tertiary alicyclic amines) is 1. The van der Waals surface area contributed by atoms with Gasteiger partial charge in [-0.2, -0.15) is 0 Å². The van der Waals surface area contributed by atoms with Crippen LogP contribution in [0.25, 0.3) is 0 Å². The molecule has 0 saturated carbocycles. The van der Waals surface area contributed by atoms with Gasteiger partial charge in [0.25, 0.3) is 0 Å². The number of anilines is 1. The molecular weight excluding hydrogens is 422 g/mol. The molecule has 0 unspecified atom stereocenters. The van der Waals surface area contributed by atoms with Crippen molar-refractivity contribution < 1.29 is 14.4 Å². The maximum Gasteiger partial charge on any atom is 0.250 e. The molecule has 2 N–H and O–H groups in total. The first kappa shape index (κ1) is 19.6. The molecule has 0 radical (unpaired) electrons. The monoisotopic (exact) mass is 447 g/mol. The lowest BCUT2D eigenvalue weighted by Gasteiger charge is -2.31. The summed E-state index contributed by atoms with van der Waals surface area (Å²) in [5.41, 5.74) is 0.255. The Morgan fingerprint density at radius 1 is 1.18 bits per heavy atom. The fraction of sp³-hybridized carbons (Fsp3) is 0.571. The molecule has 1 aromatic carbocycles. The molecule has 0 aromatic heterocycles. The first-order valence-electron chi connectivity index (χ1n) is 9.98. The molecule has 0 bridgehead atoms. The van der Waals surface area contributed by atoms with E-state index in [1.54, 1.807) is 0 Å². The van der Waals surface area contributed by atoms with Crippen molar-refractivity contribution in [2.24, 2.45) is 17.8 Å². The molecule has 5 atom stereocenters. The Morgan fingerprint density at radius 3 is 2.54 bits per heavy atom. The van der Waals surface area contributed by atoms with Gasteiger partial charge >= 0.3 is 0 Å². The second-order valence-electron chi connectivity index (χ2n) is 8.64. The minimum absolute atomic E-state index is 0.143. The van der Waals surface area contributed by atoms with E-state index in [0.29, 0.717) is 18.0 Å². The first-order chi connectivity index (χ1) is 13.2. The van der Waals surface area contributed by atoms with Crippen molar-refractivity contribution in [1.29, 1.82) is 0 Å². The van der Waals surface area contributed by atoms with E-state index in [-0.39, 0.29) is 29.8 Å². The highest BCUT2D eigenvalue weighted by Crippen LogP contribution is 2.54. The normalized spacial score (nSPS) is 32.3. The van der Waals surface area contributed by atoms with Gasteiger partial charge in [-0.15, -0.1) is 0 Å². The number of benzene rings is 1. The first-order valence-corrected chi connectivity index (χ1v) is 10.8. The Balaban J connectivity index is 1.89. The van der Waals surface area contributed by atoms with Gasteiger partial charge in [0, 0.05) is 27.8 Å². The number of fused-ring (bicyclic) bond motifs is 4. The van der Waals surface area contributed by atoms with Crippen molar-refractivity contribution in [3.05, 3.63) is 28.2 Å². The third kappa shape index (κ3) is 2.52. The average molecular weight is 448 g/mol. The van der Waals surface area contributed by atoms with Crippen LogP contribution in [0.4, 0.5) is 5.69 Å². The molecule has 1 spiro atoms.